The van der Waals surface area contributed by atoms with Crippen LogP contribution in [-0.2, 0) is 25.0 Å². The van der Waals surface area contributed by atoms with E-state index in [0.717, 1.165) is 41.4 Å². The lowest BCUT2D eigenvalue weighted by Gasteiger charge is -2.13. The molecule has 1 aliphatic rings. The maximum absolute atomic E-state index is 13.2. The lowest BCUT2D eigenvalue weighted by Crippen LogP contribution is -2.29. The number of nitrogens with zero attached hydrogens (tertiary/aromatic N) is 8. The van der Waals surface area contributed by atoms with Gasteiger partial charge < -0.3 is 24.8 Å². The van der Waals surface area contributed by atoms with Crippen LogP contribution in [0.1, 0.15) is 27.6 Å². The van der Waals surface area contributed by atoms with E-state index >= 15 is 0 Å². The smallest absolute Gasteiger partial charge is 0.335 e. The highest BCUT2D eigenvalue weighted by molar-refractivity contribution is 7.86. The molecule has 0 fully saturated rings. The van der Waals surface area contributed by atoms with E-state index in [1.807, 2.05) is 0 Å². The number of hydrogen-bond donors (Lipinski definition) is 5. The number of benzene rings is 5. The number of fused-ring (bicyclic) bond motifs is 1. The van der Waals surface area contributed by atoms with Crippen molar-refractivity contribution in [3.8, 4) is 17.2 Å². The number of hydrazone groups is 1. The zero-order chi connectivity index (χ0) is 43.7. The Bertz CT molecular complexity index is 2960. The van der Waals surface area contributed by atoms with E-state index < -0.39 is 65.4 Å². The van der Waals surface area contributed by atoms with E-state index in [2.05, 4.69) is 35.8 Å². The van der Waals surface area contributed by atoms with Gasteiger partial charge in [0.05, 0.1) is 53.0 Å². The Hall–Kier alpha value is -7.54. The maximum Gasteiger partial charge on any atom is 0.335 e. The van der Waals surface area contributed by atoms with Crippen LogP contribution in [0.2, 0.25) is 0 Å². The highest BCUT2D eigenvalue weighted by atomic mass is 32.2. The van der Waals surface area contributed by atoms with Crippen LogP contribution in [-0.4, -0.2) is 85.1 Å². The molecule has 1 atom stereocenters. The van der Waals surface area contributed by atoms with Crippen molar-refractivity contribution in [2.24, 2.45) is 35.8 Å². The third-order valence-electron chi connectivity index (χ3n) is 8.48. The molecule has 1 aliphatic heterocycles. The second-order valence-electron chi connectivity index (χ2n) is 12.4. The number of carbonyl (C=O) groups is 3. The first-order valence-electron chi connectivity index (χ1n) is 16.6. The standard InChI is InChI=1S/C36H28N8O14S2/c1-17-31(34(46)44(43-17)23-5-4-6-24(14-23)59(51,52)53)41-37-21-8-7-18-12-30(60(54,55)56)32(33(45)25(18)13-21)42-40-27-16-28(57-2)26(15-29(27)58-3)39-38-22-10-19(35(47)48)9-20(11-22)36(49)50/h4-16,31,45H,1-3H3,(H,47,48)(H,49,50)(H,51,52,53)(H,54,55,56). The van der Waals surface area contributed by atoms with E-state index in [1.165, 1.54) is 63.6 Å². The molecule has 0 aromatic heterocycles. The van der Waals surface area contributed by atoms with Gasteiger partial charge in [0.15, 0.2) is 11.8 Å². The number of carboxylic acid groups (broad SMARTS) is 2. The minimum atomic E-state index is -5.04. The SMILES string of the molecule is COc1cc(N=Nc2c(S(=O)(=O)O)cc3ccc(N=NC4C(=O)N(c5cccc(S(=O)(=O)O)c5)N=C4C)cc3c2O)c(OC)cc1N=Nc1cc(C(=O)O)cc(C(=O)O)c1. The third kappa shape index (κ3) is 8.80. The summed E-state index contributed by atoms with van der Waals surface area (Å²) in [6.45, 7) is 1.48. The fourth-order valence-electron chi connectivity index (χ4n) is 5.61. The molecule has 0 aliphatic carbocycles. The molecular formula is C36H28N8O14S2. The van der Waals surface area contributed by atoms with Gasteiger partial charge in [0.25, 0.3) is 26.1 Å². The molecule has 0 spiro atoms. The van der Waals surface area contributed by atoms with Crippen LogP contribution < -0.4 is 14.5 Å². The zero-order valence-corrected chi connectivity index (χ0v) is 32.5. The molecule has 6 rings (SSSR count). The monoisotopic (exact) mass is 860 g/mol. The van der Waals surface area contributed by atoms with Crippen LogP contribution >= 0.6 is 0 Å². The van der Waals surface area contributed by atoms with Crippen LogP contribution in [0.25, 0.3) is 10.8 Å². The maximum atomic E-state index is 13.2. The summed E-state index contributed by atoms with van der Waals surface area (Å²) in [5, 5.41) is 59.3. The van der Waals surface area contributed by atoms with Crippen LogP contribution in [0, 0.1) is 0 Å². The highest BCUT2D eigenvalue weighted by Gasteiger charge is 2.35. The summed E-state index contributed by atoms with van der Waals surface area (Å²) < 4.78 is 78.5. The van der Waals surface area contributed by atoms with Gasteiger partial charge in [-0.15, -0.1) is 15.3 Å². The van der Waals surface area contributed by atoms with Gasteiger partial charge in [0.2, 0.25) is 0 Å². The number of azo groups is 3. The number of methoxy groups -OCH3 is 2. The van der Waals surface area contributed by atoms with Crippen molar-refractivity contribution in [3.05, 3.63) is 90.0 Å². The molecule has 5 aromatic rings. The van der Waals surface area contributed by atoms with E-state index in [4.69, 9.17) is 9.47 Å². The molecule has 0 saturated heterocycles. The molecule has 0 radical (unpaired) electrons. The fraction of sp³-hybridized carbons (Fsp3) is 0.111. The average Bonchev–Trinajstić information content (AvgIpc) is 3.49. The molecule has 0 bridgehead atoms. The largest absolute Gasteiger partial charge is 0.505 e. The van der Waals surface area contributed by atoms with Crippen LogP contribution in [0.4, 0.5) is 34.1 Å². The number of amides is 1. The summed E-state index contributed by atoms with van der Waals surface area (Å²) in [6, 6.07) is 14.3. The number of rotatable bonds is 13. The Labute approximate surface area is 338 Å². The Kier molecular flexibility index (Phi) is 11.5. The lowest BCUT2D eigenvalue weighted by atomic mass is 10.1. The Balaban J connectivity index is 1.33. The van der Waals surface area contributed by atoms with E-state index in [1.54, 1.807) is 0 Å². The fourth-order valence-corrected chi connectivity index (χ4v) is 6.79. The summed E-state index contributed by atoms with van der Waals surface area (Å²) in [5.74, 6) is -4.30. The quantitative estimate of drug-likeness (QED) is 0.0579. The predicted octanol–water partition coefficient (Wildman–Crippen LogP) is 7.16. The van der Waals surface area contributed by atoms with Gasteiger partial charge in [-0.1, -0.05) is 12.1 Å². The zero-order valence-electron chi connectivity index (χ0n) is 30.9. The number of carbonyl (C=O) groups excluding carboxylic acids is 1. The molecule has 22 nitrogen and oxygen atoms in total. The van der Waals surface area contributed by atoms with Crippen molar-refractivity contribution in [1.82, 2.24) is 0 Å². The van der Waals surface area contributed by atoms with E-state index in [-0.39, 0.29) is 67.5 Å². The molecule has 1 heterocycles. The van der Waals surface area contributed by atoms with Gasteiger partial charge in [0, 0.05) is 17.5 Å². The van der Waals surface area contributed by atoms with Gasteiger partial charge in [-0.2, -0.15) is 42.3 Å². The molecule has 1 amide bonds. The summed E-state index contributed by atoms with van der Waals surface area (Å²) in [6.07, 6.45) is 0. The number of phenols is 1. The van der Waals surface area contributed by atoms with Crippen molar-refractivity contribution in [2.75, 3.05) is 19.2 Å². The minimum Gasteiger partial charge on any atom is -0.505 e. The Morgan fingerprint density at radius 1 is 0.733 bits per heavy atom. The summed E-state index contributed by atoms with van der Waals surface area (Å²) in [7, 11) is -7.11. The summed E-state index contributed by atoms with van der Waals surface area (Å²) in [5.41, 5.74) is -1.33. The molecule has 5 aromatic carbocycles. The van der Waals surface area contributed by atoms with Crippen LogP contribution in [0.3, 0.4) is 0 Å². The number of carboxylic acids is 2. The highest BCUT2D eigenvalue weighted by Crippen LogP contribution is 2.45. The normalized spacial score (nSPS) is 14.8. The van der Waals surface area contributed by atoms with Gasteiger partial charge >= 0.3 is 11.9 Å². The molecule has 308 valence electrons. The van der Waals surface area contributed by atoms with Crippen molar-refractivity contribution < 1.29 is 65.1 Å². The van der Waals surface area contributed by atoms with E-state index in [0.29, 0.717) is 0 Å². The Morgan fingerprint density at radius 3 is 1.92 bits per heavy atom. The molecule has 60 heavy (non-hydrogen) atoms. The molecule has 5 N–H and O–H groups in total. The first kappa shape index (κ1) is 42.1. The van der Waals surface area contributed by atoms with Crippen LogP contribution in [0.15, 0.2) is 124 Å². The van der Waals surface area contributed by atoms with Crippen molar-refractivity contribution >= 4 is 88.7 Å². The minimum absolute atomic E-state index is 0.000366. The molecule has 0 saturated carbocycles. The van der Waals surface area contributed by atoms with Gasteiger partial charge in [-0.25, -0.2) is 9.59 Å². The predicted molar refractivity (Wildman–Crippen MR) is 209 cm³/mol. The van der Waals surface area contributed by atoms with Crippen molar-refractivity contribution in [3.63, 3.8) is 0 Å². The second-order valence-corrected chi connectivity index (χ2v) is 15.2. The number of anilines is 1. The number of aromatic hydroxyl groups is 1. The first-order chi connectivity index (χ1) is 28.3. The number of ether oxygens (including phenoxy) is 2. The Morgan fingerprint density at radius 2 is 1.35 bits per heavy atom. The average molecular weight is 861 g/mol. The topological polar surface area (TPSA) is 329 Å². The van der Waals surface area contributed by atoms with Gasteiger partial charge in [-0.3, -0.25) is 13.9 Å². The van der Waals surface area contributed by atoms with Crippen LogP contribution in [0.5, 0.6) is 17.2 Å². The van der Waals surface area contributed by atoms with Gasteiger partial charge in [-0.05, 0) is 66.9 Å². The molecular weight excluding hydrogens is 833 g/mol. The third-order valence-corrected chi connectivity index (χ3v) is 10.2. The number of hydrogen-bond acceptors (Lipinski definition) is 17. The second kappa shape index (κ2) is 16.4. The van der Waals surface area contributed by atoms with E-state index in [9.17, 15) is 55.6 Å². The van der Waals surface area contributed by atoms with Crippen molar-refractivity contribution in [2.45, 2.75) is 22.8 Å². The summed E-state index contributed by atoms with van der Waals surface area (Å²) >= 11 is 0. The molecule has 24 heteroatoms. The number of phenolic OH excluding ortho intramolecular Hbond substituents is 1. The summed E-state index contributed by atoms with van der Waals surface area (Å²) in [4.78, 5) is 35.0. The molecule has 1 unspecified atom stereocenters. The first-order valence-corrected chi connectivity index (χ1v) is 19.5. The van der Waals surface area contributed by atoms with Crippen molar-refractivity contribution in [1.29, 1.82) is 0 Å². The van der Waals surface area contributed by atoms with Gasteiger partial charge in [0.1, 0.15) is 33.5 Å². The lowest BCUT2D eigenvalue weighted by molar-refractivity contribution is -0.117. The number of aromatic carboxylic acids is 2.